The molecule has 0 aliphatic carbocycles. The van der Waals surface area contributed by atoms with E-state index in [9.17, 15) is 35.1 Å². The summed E-state index contributed by atoms with van der Waals surface area (Å²) in [5.74, 6) is -7.21. The van der Waals surface area contributed by atoms with Gasteiger partial charge in [0.25, 0.3) is 0 Å². The Kier molecular flexibility index (Phi) is 9.01. The predicted molar refractivity (Wildman–Crippen MR) is 126 cm³/mol. The molecule has 4 rings (SSSR count). The summed E-state index contributed by atoms with van der Waals surface area (Å²) in [5.41, 5.74) is -1.61. The van der Waals surface area contributed by atoms with E-state index in [0.717, 1.165) is 24.8 Å². The number of rotatable bonds is 10. The maximum absolute atomic E-state index is 14.6. The maximum Gasteiger partial charge on any atom is 0.432 e. The molecule has 1 aliphatic heterocycles. The van der Waals surface area contributed by atoms with Gasteiger partial charge in [-0.3, -0.25) is 0 Å². The van der Waals surface area contributed by atoms with E-state index < -0.39 is 72.4 Å². The van der Waals surface area contributed by atoms with E-state index in [0.29, 0.717) is 30.3 Å². The summed E-state index contributed by atoms with van der Waals surface area (Å²) < 4.78 is 134. The van der Waals surface area contributed by atoms with Gasteiger partial charge in [0.15, 0.2) is 17.9 Å². The van der Waals surface area contributed by atoms with Crippen molar-refractivity contribution in [2.24, 2.45) is 0 Å². The lowest BCUT2D eigenvalue weighted by Gasteiger charge is -2.32. The molecule has 1 heterocycles. The van der Waals surface area contributed by atoms with Crippen LogP contribution in [0.15, 0.2) is 54.6 Å². The highest BCUT2D eigenvalue weighted by Gasteiger charge is 2.42. The van der Waals surface area contributed by atoms with E-state index >= 15 is 0 Å². The molecule has 1 aliphatic rings. The number of hydrogen-bond donors (Lipinski definition) is 0. The molecule has 4 nitrogen and oxygen atoms in total. The third kappa shape index (κ3) is 6.91. The van der Waals surface area contributed by atoms with Crippen LogP contribution in [0, 0.1) is 23.3 Å². The molecule has 12 heteroatoms. The first-order chi connectivity index (χ1) is 18.9. The Bertz CT molecular complexity index is 1290. The van der Waals surface area contributed by atoms with Crippen LogP contribution in [0.1, 0.15) is 48.3 Å². The number of unbranched alkanes of at least 4 members (excludes halogenated alkanes) is 1. The van der Waals surface area contributed by atoms with Crippen molar-refractivity contribution in [1.29, 1.82) is 0 Å². The second-order valence-electron chi connectivity index (χ2n) is 9.11. The number of aryl methyl sites for hydroxylation is 1. The molecule has 3 aromatic rings. The SMILES string of the molecule is CCCCc1ccc(C(F)(F)OC2COC(c3cc(F)c(C(F)(F)Oc4ccc(F)c(F)c4)c(F)c3)OC2)cc1. The molecule has 0 bridgehead atoms. The molecule has 216 valence electrons. The molecule has 3 aromatic carbocycles. The zero-order valence-corrected chi connectivity index (χ0v) is 21.0. The Balaban J connectivity index is 1.39. The predicted octanol–water partition coefficient (Wildman–Crippen LogP) is 7.89. The van der Waals surface area contributed by atoms with E-state index in [1.165, 1.54) is 12.1 Å². The minimum Gasteiger partial charge on any atom is -0.429 e. The van der Waals surface area contributed by atoms with E-state index in [-0.39, 0.29) is 11.1 Å². The quantitative estimate of drug-likeness (QED) is 0.230. The first kappa shape index (κ1) is 29.8. The van der Waals surface area contributed by atoms with Crippen molar-refractivity contribution in [1.82, 2.24) is 0 Å². The van der Waals surface area contributed by atoms with Gasteiger partial charge >= 0.3 is 12.2 Å². The van der Waals surface area contributed by atoms with Crippen LogP contribution in [-0.4, -0.2) is 19.3 Å². The van der Waals surface area contributed by atoms with Crippen LogP contribution >= 0.6 is 0 Å². The first-order valence-electron chi connectivity index (χ1n) is 12.3. The summed E-state index contributed by atoms with van der Waals surface area (Å²) in [6, 6.07) is 8.16. The van der Waals surface area contributed by atoms with Crippen molar-refractivity contribution in [3.63, 3.8) is 0 Å². The molecule has 1 fully saturated rings. The molecule has 1 saturated heterocycles. The van der Waals surface area contributed by atoms with E-state index in [1.807, 2.05) is 6.92 Å². The minimum atomic E-state index is -4.61. The molecule has 0 spiro atoms. The summed E-state index contributed by atoms with van der Waals surface area (Å²) in [7, 11) is 0. The zero-order chi connectivity index (χ0) is 29.1. The third-order valence-corrected chi connectivity index (χ3v) is 6.06. The fourth-order valence-electron chi connectivity index (χ4n) is 4.02. The lowest BCUT2D eigenvalue weighted by atomic mass is 10.1. The Morgan fingerprint density at radius 2 is 1.40 bits per heavy atom. The molecular weight excluding hydrogens is 552 g/mol. The Morgan fingerprint density at radius 3 is 1.98 bits per heavy atom. The van der Waals surface area contributed by atoms with Crippen molar-refractivity contribution < 1.29 is 54.1 Å². The molecule has 0 unspecified atom stereocenters. The van der Waals surface area contributed by atoms with Crippen LogP contribution in [0.3, 0.4) is 0 Å². The molecule has 40 heavy (non-hydrogen) atoms. The van der Waals surface area contributed by atoms with E-state index in [1.54, 1.807) is 12.1 Å². The highest BCUT2D eigenvalue weighted by molar-refractivity contribution is 5.31. The van der Waals surface area contributed by atoms with Crippen LogP contribution in [0.4, 0.5) is 35.1 Å². The molecule has 0 atom stereocenters. The van der Waals surface area contributed by atoms with Gasteiger partial charge in [-0.1, -0.05) is 37.6 Å². The Labute approximate surface area is 224 Å². The van der Waals surface area contributed by atoms with Gasteiger partial charge in [0.05, 0.1) is 18.8 Å². The van der Waals surface area contributed by atoms with Crippen LogP contribution in [0.5, 0.6) is 5.75 Å². The van der Waals surface area contributed by atoms with Gasteiger partial charge in [-0.15, -0.1) is 0 Å². The highest BCUT2D eigenvalue weighted by atomic mass is 19.3. The molecule has 0 aromatic heterocycles. The number of ether oxygens (including phenoxy) is 4. The number of alkyl halides is 4. The van der Waals surface area contributed by atoms with E-state index in [4.69, 9.17) is 14.2 Å². The molecular formula is C28H24F8O4. The summed E-state index contributed by atoms with van der Waals surface area (Å²) in [6.45, 7) is 1.12. The summed E-state index contributed by atoms with van der Waals surface area (Å²) in [4.78, 5) is 0. The lowest BCUT2D eigenvalue weighted by molar-refractivity contribution is -0.320. The van der Waals surface area contributed by atoms with Gasteiger partial charge in [-0.25, -0.2) is 17.6 Å². The minimum absolute atomic E-state index is 0.293. The number of halogens is 8. The maximum atomic E-state index is 14.6. The lowest BCUT2D eigenvalue weighted by Crippen LogP contribution is -2.38. The van der Waals surface area contributed by atoms with Gasteiger partial charge in [0.2, 0.25) is 0 Å². The second kappa shape index (κ2) is 12.1. The van der Waals surface area contributed by atoms with Gasteiger partial charge < -0.3 is 18.9 Å². The Hall–Kier alpha value is -3.22. The van der Waals surface area contributed by atoms with Gasteiger partial charge in [-0.05, 0) is 42.7 Å². The summed E-state index contributed by atoms with van der Waals surface area (Å²) in [6.07, 6.45) is -8.34. The molecule has 0 N–H and O–H groups in total. The van der Waals surface area contributed by atoms with Crippen LogP contribution in [0.25, 0.3) is 0 Å². The molecule has 0 amide bonds. The molecule has 0 saturated carbocycles. The van der Waals surface area contributed by atoms with Gasteiger partial charge in [0.1, 0.15) is 29.1 Å². The summed E-state index contributed by atoms with van der Waals surface area (Å²) >= 11 is 0. The Morgan fingerprint density at radius 1 is 0.775 bits per heavy atom. The standard InChI is InChI=1S/C28H24F8O4/c1-2-3-4-16-5-7-18(8-6-16)27(33,34)40-20-14-37-26(38-15-20)17-11-23(31)25(24(32)12-17)28(35,36)39-19-9-10-21(29)22(30)13-19/h5-13,20,26H,2-4,14-15H2,1H3. The number of hydrogen-bond acceptors (Lipinski definition) is 4. The normalized spacial score (nSPS) is 18.1. The molecule has 0 radical (unpaired) electrons. The van der Waals surface area contributed by atoms with Crippen molar-refractivity contribution in [3.8, 4) is 5.75 Å². The van der Waals surface area contributed by atoms with E-state index in [2.05, 4.69) is 4.74 Å². The van der Waals surface area contributed by atoms with Crippen molar-refractivity contribution in [2.75, 3.05) is 13.2 Å². The average molecular weight is 576 g/mol. The summed E-state index contributed by atoms with van der Waals surface area (Å²) in [5, 5.41) is 0. The van der Waals surface area contributed by atoms with Crippen LogP contribution < -0.4 is 4.74 Å². The second-order valence-corrected chi connectivity index (χ2v) is 9.11. The third-order valence-electron chi connectivity index (χ3n) is 6.06. The monoisotopic (exact) mass is 576 g/mol. The van der Waals surface area contributed by atoms with Crippen molar-refractivity contribution >= 4 is 0 Å². The average Bonchev–Trinajstić information content (AvgIpc) is 2.89. The topological polar surface area (TPSA) is 36.9 Å². The van der Waals surface area contributed by atoms with Gasteiger partial charge in [-0.2, -0.15) is 17.6 Å². The van der Waals surface area contributed by atoms with Crippen LogP contribution in [-0.2, 0) is 32.8 Å². The smallest absolute Gasteiger partial charge is 0.429 e. The van der Waals surface area contributed by atoms with Crippen LogP contribution in [0.2, 0.25) is 0 Å². The van der Waals surface area contributed by atoms with Crippen molar-refractivity contribution in [2.45, 2.75) is 50.8 Å². The zero-order valence-electron chi connectivity index (χ0n) is 21.0. The highest BCUT2D eigenvalue weighted by Crippen LogP contribution is 2.38. The first-order valence-corrected chi connectivity index (χ1v) is 12.3. The fraction of sp³-hybridized carbons (Fsp3) is 0.357. The number of benzene rings is 3. The van der Waals surface area contributed by atoms with Gasteiger partial charge in [0, 0.05) is 11.6 Å². The largest absolute Gasteiger partial charge is 0.432 e. The van der Waals surface area contributed by atoms with Crippen molar-refractivity contribution in [3.05, 3.63) is 100 Å². The fourth-order valence-corrected chi connectivity index (χ4v) is 4.02.